The Morgan fingerprint density at radius 1 is 1.25 bits per heavy atom. The molecule has 1 aliphatic carbocycles. The van der Waals surface area contributed by atoms with Crippen LogP contribution in [0.3, 0.4) is 0 Å². The summed E-state index contributed by atoms with van der Waals surface area (Å²) in [5.41, 5.74) is 11.2. The summed E-state index contributed by atoms with van der Waals surface area (Å²) in [5, 5.41) is 3.62. The van der Waals surface area contributed by atoms with Crippen LogP contribution in [0.2, 0.25) is 10.0 Å². The lowest BCUT2D eigenvalue weighted by atomic mass is 10.0. The molecule has 0 spiro atoms. The van der Waals surface area contributed by atoms with Crippen LogP contribution in [0.5, 0.6) is 0 Å². The van der Waals surface area contributed by atoms with Crippen molar-refractivity contribution in [3.8, 4) is 11.1 Å². The van der Waals surface area contributed by atoms with Crippen LogP contribution in [0.4, 0.5) is 11.4 Å². The molecule has 0 aromatic heterocycles. The number of hydrogen-bond donors (Lipinski definition) is 2. The van der Waals surface area contributed by atoms with E-state index in [1.54, 1.807) is 0 Å². The molecule has 3 rings (SSSR count). The van der Waals surface area contributed by atoms with Gasteiger partial charge in [-0.25, -0.2) is 0 Å². The Kier molecular flexibility index (Phi) is 3.11. The third kappa shape index (κ3) is 2.03. The van der Waals surface area contributed by atoms with Crippen molar-refractivity contribution in [2.45, 2.75) is 13.3 Å². The normalized spacial score (nSPS) is 11.9. The molecule has 0 unspecified atom stereocenters. The summed E-state index contributed by atoms with van der Waals surface area (Å²) in [6.07, 6.45) is 0.693. The summed E-state index contributed by atoms with van der Waals surface area (Å²) in [6.45, 7) is 1.43. The van der Waals surface area contributed by atoms with E-state index in [-0.39, 0.29) is 5.91 Å². The van der Waals surface area contributed by atoms with Gasteiger partial charge in [-0.3, -0.25) is 4.79 Å². The lowest BCUT2D eigenvalue weighted by Crippen LogP contribution is -2.07. The van der Waals surface area contributed by atoms with Crippen molar-refractivity contribution < 1.29 is 4.79 Å². The molecule has 0 bridgehead atoms. The van der Waals surface area contributed by atoms with Crippen molar-refractivity contribution >= 4 is 40.5 Å². The second-order valence-electron chi connectivity index (χ2n) is 4.85. The van der Waals surface area contributed by atoms with Gasteiger partial charge in [0.2, 0.25) is 5.91 Å². The van der Waals surface area contributed by atoms with Crippen molar-refractivity contribution in [3.05, 3.63) is 45.4 Å². The standard InChI is InChI=1S/C15H12Cl2N2O/c1-7(20)19-15-13(16)6-11-10-3-2-9(18)4-8(10)5-12(11)14(15)17/h2-4,6H,5,18H2,1H3,(H,19,20). The fraction of sp³-hybridized carbons (Fsp3) is 0.133. The Morgan fingerprint density at radius 2 is 2.00 bits per heavy atom. The molecule has 0 saturated carbocycles. The predicted molar refractivity (Wildman–Crippen MR) is 83.4 cm³/mol. The average molecular weight is 307 g/mol. The molecule has 3 N–H and O–H groups in total. The Labute approximate surface area is 126 Å². The van der Waals surface area contributed by atoms with Gasteiger partial charge in [-0.2, -0.15) is 0 Å². The van der Waals surface area contributed by atoms with Crippen molar-refractivity contribution in [1.82, 2.24) is 0 Å². The van der Waals surface area contributed by atoms with Crippen molar-refractivity contribution in [3.63, 3.8) is 0 Å². The molecule has 20 heavy (non-hydrogen) atoms. The number of halogens is 2. The van der Waals surface area contributed by atoms with Gasteiger partial charge in [0.15, 0.2) is 0 Å². The van der Waals surface area contributed by atoms with E-state index >= 15 is 0 Å². The molecule has 1 aliphatic rings. The number of fused-ring (bicyclic) bond motifs is 3. The summed E-state index contributed by atoms with van der Waals surface area (Å²) in [7, 11) is 0. The van der Waals surface area contributed by atoms with Gasteiger partial charge in [0.25, 0.3) is 0 Å². The molecular weight excluding hydrogens is 295 g/mol. The van der Waals surface area contributed by atoms with Gasteiger partial charge in [-0.15, -0.1) is 0 Å². The number of carbonyl (C=O) groups excluding carboxylic acids is 1. The van der Waals surface area contributed by atoms with Crippen LogP contribution in [0.15, 0.2) is 24.3 Å². The molecule has 2 aromatic carbocycles. The molecule has 3 nitrogen and oxygen atoms in total. The maximum Gasteiger partial charge on any atom is 0.221 e. The molecule has 0 heterocycles. The third-order valence-electron chi connectivity index (χ3n) is 3.41. The Balaban J connectivity index is 2.18. The Hall–Kier alpha value is -1.71. The zero-order valence-electron chi connectivity index (χ0n) is 10.8. The van der Waals surface area contributed by atoms with Gasteiger partial charge in [-0.1, -0.05) is 29.3 Å². The van der Waals surface area contributed by atoms with Crippen LogP contribution in [0, 0.1) is 0 Å². The van der Waals surface area contributed by atoms with Gasteiger partial charge in [0, 0.05) is 19.0 Å². The Bertz CT molecular complexity index is 741. The number of carbonyl (C=O) groups is 1. The highest BCUT2D eigenvalue weighted by Gasteiger charge is 2.24. The number of benzene rings is 2. The topological polar surface area (TPSA) is 55.1 Å². The minimum Gasteiger partial charge on any atom is -0.399 e. The van der Waals surface area contributed by atoms with Crippen LogP contribution in [0.25, 0.3) is 11.1 Å². The number of nitrogen functional groups attached to an aromatic ring is 1. The molecule has 5 heteroatoms. The van der Waals surface area contributed by atoms with Crippen LogP contribution in [-0.2, 0) is 11.2 Å². The first-order valence-electron chi connectivity index (χ1n) is 6.14. The summed E-state index contributed by atoms with van der Waals surface area (Å²) in [4.78, 5) is 11.2. The highest BCUT2D eigenvalue weighted by atomic mass is 35.5. The van der Waals surface area contributed by atoms with E-state index in [9.17, 15) is 4.79 Å². The molecule has 0 radical (unpaired) electrons. The molecule has 0 atom stereocenters. The summed E-state index contributed by atoms with van der Waals surface area (Å²) in [6, 6.07) is 7.62. The van der Waals surface area contributed by atoms with Crippen molar-refractivity contribution in [1.29, 1.82) is 0 Å². The van der Waals surface area contributed by atoms with E-state index in [0.717, 1.165) is 27.9 Å². The minimum absolute atomic E-state index is 0.200. The number of nitrogens with one attached hydrogen (secondary N) is 1. The monoisotopic (exact) mass is 306 g/mol. The van der Waals surface area contributed by atoms with Crippen molar-refractivity contribution in [2.24, 2.45) is 0 Å². The fourth-order valence-corrected chi connectivity index (χ4v) is 3.19. The second kappa shape index (κ2) is 4.69. The predicted octanol–water partition coefficient (Wildman–Crippen LogP) is 4.11. The number of rotatable bonds is 1. The molecular formula is C15H12Cl2N2O. The SMILES string of the molecule is CC(=O)Nc1c(Cl)cc2c(c1Cl)Cc1cc(N)ccc1-2. The highest BCUT2D eigenvalue weighted by Crippen LogP contribution is 2.46. The fourth-order valence-electron chi connectivity index (χ4n) is 2.58. The van der Waals surface area contributed by atoms with E-state index in [1.807, 2.05) is 24.3 Å². The molecule has 0 saturated heterocycles. The van der Waals surface area contributed by atoms with E-state index in [4.69, 9.17) is 28.9 Å². The maximum atomic E-state index is 11.2. The van der Waals surface area contributed by atoms with E-state index < -0.39 is 0 Å². The van der Waals surface area contributed by atoms with Crippen molar-refractivity contribution in [2.75, 3.05) is 11.1 Å². The van der Waals surface area contributed by atoms with Gasteiger partial charge in [-0.05, 0) is 40.5 Å². The summed E-state index contributed by atoms with van der Waals surface area (Å²) >= 11 is 12.6. The third-order valence-corrected chi connectivity index (χ3v) is 4.12. The van der Waals surface area contributed by atoms with E-state index in [0.29, 0.717) is 22.2 Å². The zero-order chi connectivity index (χ0) is 14.4. The average Bonchev–Trinajstić information content (AvgIpc) is 2.72. The molecule has 2 aromatic rings. The van der Waals surface area contributed by atoms with Gasteiger partial charge >= 0.3 is 0 Å². The summed E-state index contributed by atoms with van der Waals surface area (Å²) < 4.78 is 0. The first kappa shape index (κ1) is 13.3. The van der Waals surface area contributed by atoms with Crippen LogP contribution in [0.1, 0.15) is 18.1 Å². The first-order valence-corrected chi connectivity index (χ1v) is 6.90. The number of amides is 1. The number of nitrogens with two attached hydrogens (primary N) is 1. The molecule has 0 aliphatic heterocycles. The maximum absolute atomic E-state index is 11.2. The van der Waals surface area contributed by atoms with Gasteiger partial charge in [0.05, 0.1) is 15.7 Å². The number of hydrogen-bond acceptors (Lipinski definition) is 2. The quantitative estimate of drug-likeness (QED) is 0.665. The molecule has 0 fully saturated rings. The summed E-state index contributed by atoms with van der Waals surface area (Å²) in [5.74, 6) is -0.200. The van der Waals surface area contributed by atoms with E-state index in [1.165, 1.54) is 6.92 Å². The highest BCUT2D eigenvalue weighted by molar-refractivity contribution is 6.41. The Morgan fingerprint density at radius 3 is 2.70 bits per heavy atom. The zero-order valence-corrected chi connectivity index (χ0v) is 12.3. The van der Waals surface area contributed by atoms with Crippen LogP contribution < -0.4 is 11.1 Å². The lowest BCUT2D eigenvalue weighted by Gasteiger charge is -2.12. The molecule has 1 amide bonds. The van der Waals surface area contributed by atoms with Gasteiger partial charge in [0.1, 0.15) is 0 Å². The van der Waals surface area contributed by atoms with Crippen LogP contribution >= 0.6 is 23.2 Å². The second-order valence-corrected chi connectivity index (χ2v) is 5.63. The lowest BCUT2D eigenvalue weighted by molar-refractivity contribution is -0.114. The number of anilines is 2. The first-order chi connectivity index (χ1) is 9.47. The van der Waals surface area contributed by atoms with Gasteiger partial charge < -0.3 is 11.1 Å². The van der Waals surface area contributed by atoms with Crippen LogP contribution in [-0.4, -0.2) is 5.91 Å². The smallest absolute Gasteiger partial charge is 0.221 e. The van der Waals surface area contributed by atoms with E-state index in [2.05, 4.69) is 5.32 Å². The largest absolute Gasteiger partial charge is 0.399 e. The molecule has 102 valence electrons. The minimum atomic E-state index is -0.200.